The maximum atomic E-state index is 11.4. The van der Waals surface area contributed by atoms with Gasteiger partial charge in [-0.3, -0.25) is 4.79 Å². The van der Waals surface area contributed by atoms with Gasteiger partial charge in [0.15, 0.2) is 5.75 Å². The van der Waals surface area contributed by atoms with Gasteiger partial charge >= 0.3 is 0 Å². The Labute approximate surface area is 115 Å². The number of halogens is 1. The molecule has 2 aromatic carbocycles. The molecule has 4 nitrogen and oxygen atoms in total. The van der Waals surface area contributed by atoms with Crippen molar-refractivity contribution in [1.29, 1.82) is 0 Å². The average Bonchev–Trinajstić information content (AvgIpc) is 2.74. The summed E-state index contributed by atoms with van der Waals surface area (Å²) in [5.74, 6) is 1.05. The first-order valence-electron chi connectivity index (χ1n) is 5.78. The number of anilines is 2. The Morgan fingerprint density at radius 2 is 2.05 bits per heavy atom. The Hall–Kier alpha value is -2.20. The van der Waals surface area contributed by atoms with Crippen LogP contribution in [0.2, 0.25) is 5.02 Å². The maximum absolute atomic E-state index is 11.4. The number of ether oxygens (including phenoxy) is 1. The van der Waals surface area contributed by atoms with Gasteiger partial charge in [-0.15, -0.1) is 0 Å². The number of nitrogens with two attached hydrogens (primary N) is 1. The van der Waals surface area contributed by atoms with Gasteiger partial charge in [0.25, 0.3) is 0 Å². The molecule has 0 fully saturated rings. The smallest absolute Gasteiger partial charge is 0.228 e. The Morgan fingerprint density at radius 3 is 2.84 bits per heavy atom. The summed E-state index contributed by atoms with van der Waals surface area (Å²) in [6.45, 7) is 0. The van der Waals surface area contributed by atoms with Crippen LogP contribution in [0.5, 0.6) is 11.5 Å². The van der Waals surface area contributed by atoms with Gasteiger partial charge in [-0.05, 0) is 29.8 Å². The highest BCUT2D eigenvalue weighted by atomic mass is 35.5. The third-order valence-corrected chi connectivity index (χ3v) is 3.20. The summed E-state index contributed by atoms with van der Waals surface area (Å²) in [6.07, 6.45) is 0.377. The minimum absolute atomic E-state index is 0.0329. The van der Waals surface area contributed by atoms with Gasteiger partial charge in [0.05, 0.1) is 17.1 Å². The molecule has 3 rings (SSSR count). The van der Waals surface area contributed by atoms with Crippen molar-refractivity contribution in [2.24, 2.45) is 0 Å². The van der Waals surface area contributed by atoms with Gasteiger partial charge in [0.1, 0.15) is 5.75 Å². The third kappa shape index (κ3) is 2.22. The van der Waals surface area contributed by atoms with Gasteiger partial charge < -0.3 is 15.8 Å². The second kappa shape index (κ2) is 4.48. The van der Waals surface area contributed by atoms with E-state index in [0.29, 0.717) is 34.3 Å². The molecule has 3 N–H and O–H groups in total. The number of nitrogens with one attached hydrogen (secondary N) is 1. The zero-order chi connectivity index (χ0) is 13.4. The number of hydrogen-bond donors (Lipinski definition) is 2. The Morgan fingerprint density at radius 1 is 1.21 bits per heavy atom. The molecule has 1 aliphatic heterocycles. The average molecular weight is 275 g/mol. The fourth-order valence-corrected chi connectivity index (χ4v) is 2.25. The van der Waals surface area contributed by atoms with Crippen molar-refractivity contribution < 1.29 is 9.53 Å². The van der Waals surface area contributed by atoms with Gasteiger partial charge in [0.2, 0.25) is 5.91 Å². The van der Waals surface area contributed by atoms with E-state index in [4.69, 9.17) is 22.1 Å². The van der Waals surface area contributed by atoms with Crippen LogP contribution in [0.1, 0.15) is 5.56 Å². The SMILES string of the molecule is Nc1ccc(Oc2cccc3c2NC(=O)C3)c(Cl)c1. The van der Waals surface area contributed by atoms with Crippen LogP contribution in [-0.4, -0.2) is 5.91 Å². The monoisotopic (exact) mass is 274 g/mol. The van der Waals surface area contributed by atoms with E-state index in [1.54, 1.807) is 24.3 Å². The number of hydrogen-bond acceptors (Lipinski definition) is 3. The van der Waals surface area contributed by atoms with E-state index in [2.05, 4.69) is 5.32 Å². The van der Waals surface area contributed by atoms with E-state index in [0.717, 1.165) is 5.56 Å². The predicted molar refractivity (Wildman–Crippen MR) is 74.7 cm³/mol. The molecule has 1 aliphatic rings. The first kappa shape index (κ1) is 11.9. The molecule has 1 amide bonds. The molecule has 5 heteroatoms. The van der Waals surface area contributed by atoms with Crippen molar-refractivity contribution in [3.63, 3.8) is 0 Å². The zero-order valence-corrected chi connectivity index (χ0v) is 10.7. The number of benzene rings is 2. The second-order valence-corrected chi connectivity index (χ2v) is 4.71. The number of para-hydroxylation sites is 1. The Bertz CT molecular complexity index is 670. The summed E-state index contributed by atoms with van der Waals surface area (Å²) in [5, 5.41) is 3.22. The van der Waals surface area contributed by atoms with Crippen LogP contribution in [0.25, 0.3) is 0 Å². The lowest BCUT2D eigenvalue weighted by Crippen LogP contribution is -2.04. The van der Waals surface area contributed by atoms with Crippen molar-refractivity contribution in [2.75, 3.05) is 11.1 Å². The molecule has 96 valence electrons. The van der Waals surface area contributed by atoms with E-state index in [-0.39, 0.29) is 5.91 Å². The van der Waals surface area contributed by atoms with Crippen molar-refractivity contribution in [2.45, 2.75) is 6.42 Å². The van der Waals surface area contributed by atoms with Crippen LogP contribution in [0.4, 0.5) is 11.4 Å². The Balaban J connectivity index is 1.97. The summed E-state index contributed by atoms with van der Waals surface area (Å²) in [5.41, 5.74) is 7.84. The highest BCUT2D eigenvalue weighted by Crippen LogP contribution is 2.38. The fraction of sp³-hybridized carbons (Fsp3) is 0.0714. The molecule has 19 heavy (non-hydrogen) atoms. The van der Waals surface area contributed by atoms with Crippen molar-refractivity contribution >= 4 is 28.9 Å². The van der Waals surface area contributed by atoms with E-state index in [9.17, 15) is 4.79 Å². The lowest BCUT2D eigenvalue weighted by molar-refractivity contribution is -0.115. The number of carbonyl (C=O) groups is 1. The van der Waals surface area contributed by atoms with Gasteiger partial charge in [-0.1, -0.05) is 23.7 Å². The topological polar surface area (TPSA) is 64.3 Å². The van der Waals surface area contributed by atoms with E-state index in [1.807, 2.05) is 12.1 Å². The molecular formula is C14H11ClN2O2. The van der Waals surface area contributed by atoms with Crippen molar-refractivity contribution in [3.8, 4) is 11.5 Å². The quantitative estimate of drug-likeness (QED) is 0.827. The molecule has 0 spiro atoms. The van der Waals surface area contributed by atoms with E-state index < -0.39 is 0 Å². The van der Waals surface area contributed by atoms with Crippen molar-refractivity contribution in [1.82, 2.24) is 0 Å². The van der Waals surface area contributed by atoms with Crippen LogP contribution in [0.15, 0.2) is 36.4 Å². The molecule has 0 unspecified atom stereocenters. The van der Waals surface area contributed by atoms with Gasteiger partial charge in [-0.2, -0.15) is 0 Å². The van der Waals surface area contributed by atoms with Crippen LogP contribution in [-0.2, 0) is 11.2 Å². The summed E-state index contributed by atoms with van der Waals surface area (Å²) in [4.78, 5) is 11.4. The highest BCUT2D eigenvalue weighted by molar-refractivity contribution is 6.32. The first-order valence-corrected chi connectivity index (χ1v) is 6.16. The normalized spacial score (nSPS) is 13.0. The van der Waals surface area contributed by atoms with Gasteiger partial charge in [-0.25, -0.2) is 0 Å². The summed E-state index contributed by atoms with van der Waals surface area (Å²) < 4.78 is 5.75. The predicted octanol–water partition coefficient (Wildman–Crippen LogP) is 3.21. The molecule has 0 saturated carbocycles. The minimum atomic E-state index is -0.0329. The third-order valence-electron chi connectivity index (χ3n) is 2.90. The number of rotatable bonds is 2. The van der Waals surface area contributed by atoms with Crippen LogP contribution < -0.4 is 15.8 Å². The molecule has 0 aromatic heterocycles. The first-order chi connectivity index (χ1) is 9.13. The molecule has 0 radical (unpaired) electrons. The fourth-order valence-electron chi connectivity index (χ4n) is 2.03. The maximum Gasteiger partial charge on any atom is 0.228 e. The molecule has 0 aliphatic carbocycles. The van der Waals surface area contributed by atoms with Crippen molar-refractivity contribution in [3.05, 3.63) is 47.0 Å². The molecule has 1 heterocycles. The molecule has 0 atom stereocenters. The number of nitrogen functional groups attached to an aromatic ring is 1. The highest BCUT2D eigenvalue weighted by Gasteiger charge is 2.21. The summed E-state index contributed by atoms with van der Waals surface area (Å²) in [7, 11) is 0. The standard InChI is InChI=1S/C14H11ClN2O2/c15-10-7-9(16)4-5-11(10)19-12-3-1-2-8-6-13(18)17-14(8)12/h1-5,7H,6,16H2,(H,17,18). The van der Waals surface area contributed by atoms with E-state index >= 15 is 0 Å². The molecule has 0 bridgehead atoms. The molecular weight excluding hydrogens is 264 g/mol. The van der Waals surface area contributed by atoms with Crippen LogP contribution in [0.3, 0.4) is 0 Å². The number of fused-ring (bicyclic) bond motifs is 1. The summed E-state index contributed by atoms with van der Waals surface area (Å²) in [6, 6.07) is 10.6. The molecule has 0 saturated heterocycles. The summed E-state index contributed by atoms with van der Waals surface area (Å²) >= 11 is 6.07. The van der Waals surface area contributed by atoms with Crippen LogP contribution in [0, 0.1) is 0 Å². The van der Waals surface area contributed by atoms with Crippen LogP contribution >= 0.6 is 11.6 Å². The minimum Gasteiger partial charge on any atom is -0.454 e. The number of carbonyl (C=O) groups excluding carboxylic acids is 1. The lowest BCUT2D eigenvalue weighted by atomic mass is 10.1. The zero-order valence-electron chi connectivity index (χ0n) is 9.94. The van der Waals surface area contributed by atoms with E-state index in [1.165, 1.54) is 0 Å². The Kier molecular flexibility index (Phi) is 2.80. The lowest BCUT2D eigenvalue weighted by Gasteiger charge is -2.11. The second-order valence-electron chi connectivity index (χ2n) is 4.31. The van der Waals surface area contributed by atoms with Gasteiger partial charge in [0, 0.05) is 5.69 Å². The molecule has 2 aromatic rings. The largest absolute Gasteiger partial charge is 0.454 e. The number of amides is 1.